The van der Waals surface area contributed by atoms with Crippen molar-refractivity contribution in [3.8, 4) is 0 Å². The molecule has 0 N–H and O–H groups in total. The van der Waals surface area contributed by atoms with Gasteiger partial charge in [0.1, 0.15) is 0 Å². The Morgan fingerprint density at radius 2 is 1.59 bits per heavy atom. The van der Waals surface area contributed by atoms with Gasteiger partial charge in [-0.25, -0.2) is 0 Å². The molecular formula is C13H16AuClN2. The zero-order chi connectivity index (χ0) is 13.0. The molecule has 1 aromatic carbocycles. The number of hydrogen-bond donors (Lipinski definition) is 0. The molecule has 0 unspecified atom stereocenters. The molecule has 0 saturated carbocycles. The first-order valence-electron chi connectivity index (χ1n) is 5.24. The van der Waals surface area contributed by atoms with Crippen LogP contribution < -0.4 is 4.90 Å². The van der Waals surface area contributed by atoms with Gasteiger partial charge in [0, 0.05) is 25.1 Å². The summed E-state index contributed by atoms with van der Waals surface area (Å²) in [6, 6.07) is 4.41. The molecule has 0 aromatic heterocycles. The van der Waals surface area contributed by atoms with Crippen molar-refractivity contribution in [3.63, 3.8) is 0 Å². The van der Waals surface area contributed by atoms with Crippen LogP contribution in [0.15, 0.2) is 24.5 Å². The molecule has 0 amide bonds. The molecule has 0 spiro atoms. The maximum atomic E-state index is 4.58. The fraction of sp³-hybridized carbons (Fsp3) is 0.308. The Hall–Kier alpha value is -0.410. The zero-order valence-electron chi connectivity index (χ0n) is 10.4. The first kappa shape index (κ1) is 14.7. The third-order valence-corrected chi connectivity index (χ3v) is 2.58. The van der Waals surface area contributed by atoms with E-state index < -0.39 is 0 Å². The molecule has 2 radical (unpaired) electrons. The first-order chi connectivity index (χ1) is 8.08. The molecule has 1 heterocycles. The summed E-state index contributed by atoms with van der Waals surface area (Å²) in [5.41, 5.74) is 5.13. The minimum atomic E-state index is 1.24. The van der Waals surface area contributed by atoms with Crippen molar-refractivity contribution in [1.29, 1.82) is 0 Å². The Labute approximate surface area is 120 Å². The van der Waals surface area contributed by atoms with Crippen LogP contribution in [-0.4, -0.2) is 11.9 Å². The van der Waals surface area contributed by atoms with Gasteiger partial charge in [-0.05, 0) is 31.9 Å². The molecule has 0 atom stereocenters. The molecule has 2 rings (SSSR count). The van der Waals surface area contributed by atoms with Crippen LogP contribution >= 0.6 is 9.19 Å². The first-order valence-corrected chi connectivity index (χ1v) is 7.92. The summed E-state index contributed by atoms with van der Waals surface area (Å²) in [4.78, 5) is 3.98. The number of nitrogens with zero attached hydrogens (tertiary/aromatic N) is 2. The molecule has 1 aliphatic rings. The second-order valence-corrected chi connectivity index (χ2v) is 4.13. The van der Waals surface area contributed by atoms with Crippen LogP contribution in [0.2, 0.25) is 0 Å². The summed E-state index contributed by atoms with van der Waals surface area (Å²) in [7, 11) is 6.56. The minimum absolute atomic E-state index is 1.24. The maximum absolute atomic E-state index is 4.58. The molecule has 17 heavy (non-hydrogen) atoms. The standard InChI is InChI=1S/C13H16N2.Au.ClH/c1-10-7-11(2)13(12(3)8-10)15-6-5-14(4)9-15;;/h5-8H,1-4H3;;1H/q;+1;/p-1. The zero-order valence-corrected chi connectivity index (χ0v) is 13.3. The third-order valence-electron chi connectivity index (χ3n) is 2.58. The number of halogens is 1. The third kappa shape index (κ3) is 3.52. The van der Waals surface area contributed by atoms with E-state index in [-0.39, 0.29) is 0 Å². The molecule has 0 aliphatic carbocycles. The van der Waals surface area contributed by atoms with E-state index in [0.717, 1.165) is 0 Å². The topological polar surface area (TPSA) is 6.48 Å². The summed E-state index contributed by atoms with van der Waals surface area (Å²) in [5.74, 6) is 0. The van der Waals surface area contributed by atoms with Gasteiger partial charge < -0.3 is 9.80 Å². The van der Waals surface area contributed by atoms with Gasteiger partial charge in [0.15, 0.2) is 0 Å². The summed E-state index contributed by atoms with van der Waals surface area (Å²) >= 11 is 1.75. The van der Waals surface area contributed by atoms with Gasteiger partial charge in [-0.15, -0.1) is 0 Å². The van der Waals surface area contributed by atoms with Crippen LogP contribution in [-0.2, 0) is 20.0 Å². The Morgan fingerprint density at radius 1 is 1.06 bits per heavy atom. The second kappa shape index (κ2) is 6.50. The van der Waals surface area contributed by atoms with Crippen LogP contribution in [0.5, 0.6) is 0 Å². The summed E-state index contributed by atoms with van der Waals surface area (Å²) in [6.07, 6.45) is 4.03. The normalized spacial score (nSPS) is 13.8. The van der Waals surface area contributed by atoms with Crippen LogP contribution in [0.3, 0.4) is 0 Å². The van der Waals surface area contributed by atoms with Crippen molar-refractivity contribution in [3.05, 3.63) is 47.9 Å². The molecule has 1 aromatic rings. The monoisotopic (exact) mass is 432 g/mol. The molecule has 1 aliphatic heterocycles. The van der Waals surface area contributed by atoms with E-state index in [1.165, 1.54) is 22.4 Å². The average Bonchev–Trinajstić information content (AvgIpc) is 2.66. The quantitative estimate of drug-likeness (QED) is 0.627. The van der Waals surface area contributed by atoms with Crippen molar-refractivity contribution in [2.75, 3.05) is 11.9 Å². The number of hydrogen-bond acceptors (Lipinski definition) is 2. The van der Waals surface area contributed by atoms with E-state index in [0.29, 0.717) is 0 Å². The van der Waals surface area contributed by atoms with Crippen LogP contribution in [0.25, 0.3) is 0 Å². The fourth-order valence-electron chi connectivity index (χ4n) is 2.08. The van der Waals surface area contributed by atoms with E-state index in [2.05, 4.69) is 48.8 Å². The Kier molecular flexibility index (Phi) is 5.60. The summed E-state index contributed by atoms with van der Waals surface area (Å²) in [5, 5.41) is 0. The van der Waals surface area contributed by atoms with Gasteiger partial charge in [0.05, 0.1) is 0 Å². The summed E-state index contributed by atoms with van der Waals surface area (Å²) in [6.45, 7) is 9.64. The molecule has 0 fully saturated rings. The van der Waals surface area contributed by atoms with Gasteiger partial charge >= 0.3 is 29.2 Å². The van der Waals surface area contributed by atoms with Crippen molar-refractivity contribution >= 4 is 14.9 Å². The SMILES string of the molecule is Cc1cc(C)c(N2[C]N(C)C=C2)c(C)c1.[Cl][Au]. The van der Waals surface area contributed by atoms with E-state index in [1.54, 1.807) is 20.0 Å². The van der Waals surface area contributed by atoms with E-state index in [1.807, 2.05) is 29.2 Å². The van der Waals surface area contributed by atoms with E-state index in [9.17, 15) is 0 Å². The molecular weight excluding hydrogens is 417 g/mol. The molecule has 96 valence electrons. The summed E-state index contributed by atoms with van der Waals surface area (Å²) < 4.78 is 0. The Balaban J connectivity index is 0.000000686. The van der Waals surface area contributed by atoms with E-state index in [4.69, 9.17) is 0 Å². The fourth-order valence-corrected chi connectivity index (χ4v) is 2.08. The van der Waals surface area contributed by atoms with Crippen molar-refractivity contribution in [1.82, 2.24) is 4.90 Å². The molecule has 0 bridgehead atoms. The number of aryl methyl sites for hydroxylation is 3. The molecule has 2 nitrogen and oxygen atoms in total. The Bertz CT molecular complexity index is 395. The van der Waals surface area contributed by atoms with Crippen molar-refractivity contribution in [2.24, 2.45) is 0 Å². The van der Waals surface area contributed by atoms with E-state index >= 15 is 0 Å². The van der Waals surface area contributed by atoms with Crippen molar-refractivity contribution < 1.29 is 20.0 Å². The number of anilines is 1. The number of rotatable bonds is 1. The predicted molar refractivity (Wildman–Crippen MR) is 69.1 cm³/mol. The van der Waals surface area contributed by atoms with Gasteiger partial charge in [-0.1, -0.05) is 17.7 Å². The molecule has 0 saturated heterocycles. The van der Waals surface area contributed by atoms with Crippen LogP contribution in [0.1, 0.15) is 16.7 Å². The average molecular weight is 433 g/mol. The molecule has 4 heteroatoms. The van der Waals surface area contributed by atoms with Gasteiger partial charge in [0.25, 0.3) is 0 Å². The van der Waals surface area contributed by atoms with Gasteiger partial charge in [-0.3, -0.25) is 0 Å². The van der Waals surface area contributed by atoms with Gasteiger partial charge in [0.2, 0.25) is 6.67 Å². The van der Waals surface area contributed by atoms with Crippen molar-refractivity contribution in [2.45, 2.75) is 20.8 Å². The number of benzene rings is 1. The predicted octanol–water partition coefficient (Wildman–Crippen LogP) is 3.52. The second-order valence-electron chi connectivity index (χ2n) is 4.13. The Morgan fingerprint density at radius 3 is 2.00 bits per heavy atom. The van der Waals surface area contributed by atoms with Crippen LogP contribution in [0.4, 0.5) is 5.69 Å². The van der Waals surface area contributed by atoms with Crippen LogP contribution in [0, 0.1) is 27.4 Å². The van der Waals surface area contributed by atoms with Gasteiger partial charge in [-0.2, -0.15) is 0 Å².